The van der Waals surface area contributed by atoms with E-state index in [0.29, 0.717) is 5.56 Å². The summed E-state index contributed by atoms with van der Waals surface area (Å²) in [5, 5.41) is 8.32. The van der Waals surface area contributed by atoms with E-state index < -0.39 is 5.97 Å². The number of allylic oxidation sites excluding steroid dienone is 2. The van der Waals surface area contributed by atoms with E-state index >= 15 is 0 Å². The average Bonchev–Trinajstić information content (AvgIpc) is 2.25. The van der Waals surface area contributed by atoms with Gasteiger partial charge < -0.3 is 5.11 Å². The maximum atomic E-state index is 10.4. The maximum Gasteiger partial charge on any atom is 0.328 e. The zero-order valence-electron chi connectivity index (χ0n) is 7.96. The SMILES string of the molecule is O=Cc1ccc(/C=C/C=C/C(=O)O)cc1. The minimum absolute atomic E-state index is 0.619. The third kappa shape index (κ3) is 4.04. The van der Waals surface area contributed by atoms with Crippen LogP contribution in [-0.2, 0) is 4.79 Å². The lowest BCUT2D eigenvalue weighted by Crippen LogP contribution is -1.84. The minimum Gasteiger partial charge on any atom is -0.478 e. The molecule has 0 aliphatic carbocycles. The smallest absolute Gasteiger partial charge is 0.328 e. The van der Waals surface area contributed by atoms with E-state index in [9.17, 15) is 9.59 Å². The Kier molecular flexibility index (Phi) is 4.04. The molecule has 0 amide bonds. The number of benzene rings is 1. The zero-order valence-corrected chi connectivity index (χ0v) is 7.96. The van der Waals surface area contributed by atoms with Gasteiger partial charge in [0, 0.05) is 11.6 Å². The molecular weight excluding hydrogens is 192 g/mol. The molecule has 0 aliphatic rings. The van der Waals surface area contributed by atoms with Crippen LogP contribution in [0.25, 0.3) is 6.08 Å². The van der Waals surface area contributed by atoms with Gasteiger partial charge >= 0.3 is 5.97 Å². The molecule has 76 valence electrons. The van der Waals surface area contributed by atoms with Crippen molar-refractivity contribution in [1.29, 1.82) is 0 Å². The first-order chi connectivity index (χ1) is 7.22. The fourth-order valence-corrected chi connectivity index (χ4v) is 0.990. The van der Waals surface area contributed by atoms with Crippen molar-refractivity contribution in [3.8, 4) is 0 Å². The van der Waals surface area contributed by atoms with Crippen molar-refractivity contribution in [3.63, 3.8) is 0 Å². The van der Waals surface area contributed by atoms with Crippen LogP contribution in [0.5, 0.6) is 0 Å². The van der Waals surface area contributed by atoms with Crippen LogP contribution in [-0.4, -0.2) is 17.4 Å². The molecule has 0 aromatic heterocycles. The number of hydrogen-bond donors (Lipinski definition) is 1. The van der Waals surface area contributed by atoms with Gasteiger partial charge in [-0.1, -0.05) is 42.5 Å². The van der Waals surface area contributed by atoms with Gasteiger partial charge in [-0.25, -0.2) is 4.79 Å². The third-order valence-electron chi connectivity index (χ3n) is 1.71. The predicted octanol–water partition coefficient (Wildman–Crippen LogP) is 2.15. The highest BCUT2D eigenvalue weighted by molar-refractivity contribution is 5.80. The predicted molar refractivity (Wildman–Crippen MR) is 57.6 cm³/mol. The van der Waals surface area contributed by atoms with Crippen molar-refractivity contribution < 1.29 is 14.7 Å². The Balaban J connectivity index is 2.64. The third-order valence-corrected chi connectivity index (χ3v) is 1.71. The molecule has 0 radical (unpaired) electrons. The lowest BCUT2D eigenvalue weighted by molar-refractivity contribution is -0.131. The molecule has 0 saturated heterocycles. The van der Waals surface area contributed by atoms with Crippen LogP contribution >= 0.6 is 0 Å². The second-order valence-corrected chi connectivity index (χ2v) is 2.84. The Labute approximate surface area is 87.4 Å². The van der Waals surface area contributed by atoms with E-state index in [4.69, 9.17) is 5.11 Å². The summed E-state index contributed by atoms with van der Waals surface area (Å²) in [6.45, 7) is 0. The Morgan fingerprint density at radius 1 is 1.07 bits per heavy atom. The van der Waals surface area contributed by atoms with Gasteiger partial charge in [0.15, 0.2) is 0 Å². The van der Waals surface area contributed by atoms with Crippen molar-refractivity contribution >= 4 is 18.3 Å². The van der Waals surface area contributed by atoms with Crippen LogP contribution in [0.4, 0.5) is 0 Å². The molecular formula is C12H10O3. The number of hydrogen-bond acceptors (Lipinski definition) is 2. The van der Waals surface area contributed by atoms with Crippen LogP contribution < -0.4 is 0 Å². The summed E-state index contributed by atoms with van der Waals surface area (Å²) in [4.78, 5) is 20.5. The summed E-state index contributed by atoms with van der Waals surface area (Å²) < 4.78 is 0. The van der Waals surface area contributed by atoms with Crippen molar-refractivity contribution in [2.24, 2.45) is 0 Å². The van der Waals surface area contributed by atoms with Gasteiger partial charge in [-0.15, -0.1) is 0 Å². The van der Waals surface area contributed by atoms with Gasteiger partial charge in [-0.2, -0.15) is 0 Å². The summed E-state index contributed by atoms with van der Waals surface area (Å²) in [5.74, 6) is -0.976. The van der Waals surface area contributed by atoms with Gasteiger partial charge in [0.2, 0.25) is 0 Å². The van der Waals surface area contributed by atoms with E-state index in [1.54, 1.807) is 36.4 Å². The number of carboxylic acid groups (broad SMARTS) is 1. The van der Waals surface area contributed by atoms with Gasteiger partial charge in [-0.05, 0) is 5.56 Å². The summed E-state index contributed by atoms with van der Waals surface area (Å²) in [5.41, 5.74) is 1.53. The van der Waals surface area contributed by atoms with Crippen LogP contribution in [0.15, 0.2) is 42.5 Å². The Hall–Kier alpha value is -2.16. The number of aliphatic carboxylic acids is 1. The zero-order chi connectivity index (χ0) is 11.1. The molecule has 0 saturated carbocycles. The summed E-state index contributed by atoms with van der Waals surface area (Å²) >= 11 is 0. The molecule has 0 unspecified atom stereocenters. The van der Waals surface area contributed by atoms with Crippen LogP contribution in [0.3, 0.4) is 0 Å². The topological polar surface area (TPSA) is 54.4 Å². The molecule has 0 heterocycles. The molecule has 0 aliphatic heterocycles. The fraction of sp³-hybridized carbons (Fsp3) is 0. The standard InChI is InChI=1S/C12H10O3/c13-9-11-7-5-10(6-8-11)3-1-2-4-12(14)15/h1-9H,(H,14,15)/b3-1+,4-2+. The summed E-state index contributed by atoms with van der Waals surface area (Å²) in [6, 6.07) is 6.98. The second-order valence-electron chi connectivity index (χ2n) is 2.84. The molecule has 3 heteroatoms. The molecule has 1 rings (SSSR count). The minimum atomic E-state index is -0.976. The largest absolute Gasteiger partial charge is 0.478 e. The van der Waals surface area contributed by atoms with E-state index in [1.807, 2.05) is 0 Å². The first-order valence-electron chi connectivity index (χ1n) is 4.35. The molecule has 0 spiro atoms. The second kappa shape index (κ2) is 5.54. The highest BCUT2D eigenvalue weighted by Gasteiger charge is 1.88. The lowest BCUT2D eigenvalue weighted by Gasteiger charge is -1.92. The molecule has 0 bridgehead atoms. The molecule has 3 nitrogen and oxygen atoms in total. The molecule has 1 N–H and O–H groups in total. The van der Waals surface area contributed by atoms with E-state index in [2.05, 4.69) is 0 Å². The Morgan fingerprint density at radius 3 is 2.20 bits per heavy atom. The molecule has 0 atom stereocenters. The monoisotopic (exact) mass is 202 g/mol. The van der Waals surface area contributed by atoms with E-state index in [1.165, 1.54) is 6.08 Å². The first-order valence-corrected chi connectivity index (χ1v) is 4.35. The normalized spacial score (nSPS) is 10.9. The fourth-order valence-electron chi connectivity index (χ4n) is 0.990. The highest BCUT2D eigenvalue weighted by atomic mass is 16.4. The van der Waals surface area contributed by atoms with Crippen LogP contribution in [0.2, 0.25) is 0 Å². The highest BCUT2D eigenvalue weighted by Crippen LogP contribution is 2.04. The van der Waals surface area contributed by atoms with Gasteiger partial charge in [0.25, 0.3) is 0 Å². The average molecular weight is 202 g/mol. The quantitative estimate of drug-likeness (QED) is 0.462. The molecule has 15 heavy (non-hydrogen) atoms. The van der Waals surface area contributed by atoms with E-state index in [0.717, 1.165) is 17.9 Å². The Morgan fingerprint density at radius 2 is 1.67 bits per heavy atom. The maximum absolute atomic E-state index is 10.4. The lowest BCUT2D eigenvalue weighted by atomic mass is 10.1. The van der Waals surface area contributed by atoms with Gasteiger partial charge in [0.1, 0.15) is 6.29 Å². The number of carbonyl (C=O) groups is 2. The summed E-state index contributed by atoms with van der Waals surface area (Å²) in [6.07, 6.45) is 6.65. The van der Waals surface area contributed by atoms with E-state index in [-0.39, 0.29) is 0 Å². The van der Waals surface area contributed by atoms with Crippen LogP contribution in [0.1, 0.15) is 15.9 Å². The van der Waals surface area contributed by atoms with Crippen molar-refractivity contribution in [1.82, 2.24) is 0 Å². The molecule has 1 aromatic carbocycles. The number of carboxylic acids is 1. The van der Waals surface area contributed by atoms with Crippen molar-refractivity contribution in [2.45, 2.75) is 0 Å². The number of rotatable bonds is 4. The van der Waals surface area contributed by atoms with Crippen molar-refractivity contribution in [3.05, 3.63) is 53.6 Å². The summed E-state index contributed by atoms with van der Waals surface area (Å²) in [7, 11) is 0. The molecule has 0 fully saturated rings. The van der Waals surface area contributed by atoms with Crippen molar-refractivity contribution in [2.75, 3.05) is 0 Å². The van der Waals surface area contributed by atoms with Crippen LogP contribution in [0, 0.1) is 0 Å². The Bertz CT molecular complexity index is 399. The number of carbonyl (C=O) groups excluding carboxylic acids is 1. The molecule has 1 aromatic rings. The van der Waals surface area contributed by atoms with Gasteiger partial charge in [-0.3, -0.25) is 4.79 Å². The first kappa shape index (κ1) is 10.9. The van der Waals surface area contributed by atoms with Gasteiger partial charge in [0.05, 0.1) is 0 Å². The number of aldehydes is 1.